The van der Waals surface area contributed by atoms with Gasteiger partial charge in [-0.2, -0.15) is 0 Å². The van der Waals surface area contributed by atoms with E-state index in [-0.39, 0.29) is 24.7 Å². The van der Waals surface area contributed by atoms with Crippen LogP contribution in [0.4, 0.5) is 0 Å². The molecule has 0 aromatic heterocycles. The molecule has 1 aromatic rings. The molecule has 2 rings (SSSR count). The number of hydrogen-bond acceptors (Lipinski definition) is 4. The van der Waals surface area contributed by atoms with Gasteiger partial charge < -0.3 is 14.9 Å². The molecule has 5 heteroatoms. The van der Waals surface area contributed by atoms with Crippen LogP contribution in [-0.4, -0.2) is 28.8 Å². The predicted octanol–water partition coefficient (Wildman–Crippen LogP) is 1.51. The van der Waals surface area contributed by atoms with Crippen molar-refractivity contribution in [2.24, 2.45) is 5.41 Å². The van der Waals surface area contributed by atoms with Gasteiger partial charge in [-0.3, -0.25) is 9.59 Å². The second-order valence-corrected chi connectivity index (χ2v) is 4.35. The van der Waals surface area contributed by atoms with E-state index in [1.165, 1.54) is 12.1 Å². The molecule has 96 valence electrons. The first-order chi connectivity index (χ1) is 8.52. The highest BCUT2D eigenvalue weighted by molar-refractivity contribution is 6.04. The van der Waals surface area contributed by atoms with Gasteiger partial charge in [0.1, 0.15) is 5.75 Å². The number of phenolic OH excluding ortho intramolecular Hbond substituents is 1. The van der Waals surface area contributed by atoms with Crippen LogP contribution in [0.3, 0.4) is 0 Å². The summed E-state index contributed by atoms with van der Waals surface area (Å²) in [5, 5.41) is 18.4. The number of esters is 1. The first-order valence-electron chi connectivity index (χ1n) is 5.72. The lowest BCUT2D eigenvalue weighted by Crippen LogP contribution is -2.29. The lowest BCUT2D eigenvalue weighted by atomic mass is 9.99. The first kappa shape index (κ1) is 12.4. The van der Waals surface area contributed by atoms with Crippen molar-refractivity contribution in [2.75, 3.05) is 6.61 Å². The Morgan fingerprint density at radius 2 is 2.00 bits per heavy atom. The number of carboxylic acid groups (broad SMARTS) is 1. The van der Waals surface area contributed by atoms with Gasteiger partial charge in [-0.15, -0.1) is 0 Å². The Labute approximate surface area is 104 Å². The Balaban J connectivity index is 2.25. The summed E-state index contributed by atoms with van der Waals surface area (Å²) >= 11 is 0. The van der Waals surface area contributed by atoms with Crippen molar-refractivity contribution >= 4 is 11.9 Å². The van der Waals surface area contributed by atoms with Crippen LogP contribution in [0.25, 0.3) is 0 Å². The number of aliphatic carboxylic acids is 1. The van der Waals surface area contributed by atoms with Crippen molar-refractivity contribution in [3.8, 4) is 5.75 Å². The first-order valence-corrected chi connectivity index (χ1v) is 5.72. The SMILES string of the molecule is CCOC(=O)C1(C(=O)O)CC1c1ccc(O)cc1. The van der Waals surface area contributed by atoms with Crippen molar-refractivity contribution in [1.29, 1.82) is 0 Å². The van der Waals surface area contributed by atoms with Gasteiger partial charge in [-0.1, -0.05) is 12.1 Å². The van der Waals surface area contributed by atoms with Gasteiger partial charge in [0.05, 0.1) is 6.61 Å². The molecule has 1 fully saturated rings. The minimum atomic E-state index is -1.45. The van der Waals surface area contributed by atoms with Gasteiger partial charge in [0.25, 0.3) is 0 Å². The predicted molar refractivity (Wildman–Crippen MR) is 62.2 cm³/mol. The van der Waals surface area contributed by atoms with Crippen LogP contribution in [0.1, 0.15) is 24.8 Å². The third-order valence-electron chi connectivity index (χ3n) is 3.28. The minimum Gasteiger partial charge on any atom is -0.508 e. The monoisotopic (exact) mass is 250 g/mol. The number of phenols is 1. The van der Waals surface area contributed by atoms with Crippen LogP contribution in [-0.2, 0) is 14.3 Å². The fourth-order valence-corrected chi connectivity index (χ4v) is 2.18. The maximum atomic E-state index is 11.8. The molecule has 2 unspecified atom stereocenters. The lowest BCUT2D eigenvalue weighted by Gasteiger charge is -2.11. The van der Waals surface area contributed by atoms with Gasteiger partial charge in [0.2, 0.25) is 0 Å². The molecule has 2 atom stereocenters. The molecule has 2 N–H and O–H groups in total. The van der Waals surface area contributed by atoms with E-state index in [2.05, 4.69) is 0 Å². The largest absolute Gasteiger partial charge is 0.508 e. The maximum Gasteiger partial charge on any atom is 0.324 e. The number of aromatic hydroxyl groups is 1. The molecule has 1 saturated carbocycles. The Hall–Kier alpha value is -2.04. The Morgan fingerprint density at radius 1 is 1.39 bits per heavy atom. The van der Waals surface area contributed by atoms with E-state index < -0.39 is 17.4 Å². The zero-order valence-electron chi connectivity index (χ0n) is 9.92. The van der Waals surface area contributed by atoms with Crippen LogP contribution < -0.4 is 0 Å². The summed E-state index contributed by atoms with van der Waals surface area (Å²) in [6, 6.07) is 6.21. The summed E-state index contributed by atoms with van der Waals surface area (Å²) < 4.78 is 4.84. The molecule has 0 spiro atoms. The van der Waals surface area contributed by atoms with E-state index in [0.29, 0.717) is 0 Å². The zero-order valence-corrected chi connectivity index (χ0v) is 9.92. The van der Waals surface area contributed by atoms with E-state index in [9.17, 15) is 19.8 Å². The summed E-state index contributed by atoms with van der Waals surface area (Å²) in [6.07, 6.45) is 0.242. The molecular formula is C13H14O5. The summed E-state index contributed by atoms with van der Waals surface area (Å²) in [5.41, 5.74) is -0.726. The summed E-state index contributed by atoms with van der Waals surface area (Å²) in [6.45, 7) is 1.81. The number of hydrogen-bond donors (Lipinski definition) is 2. The Kier molecular flexibility index (Phi) is 2.98. The third kappa shape index (κ3) is 1.81. The molecule has 0 bridgehead atoms. The number of rotatable bonds is 4. The summed E-state index contributed by atoms with van der Waals surface area (Å²) in [5.74, 6) is -2.11. The van der Waals surface area contributed by atoms with Crippen LogP contribution in [0.2, 0.25) is 0 Å². The van der Waals surface area contributed by atoms with E-state index in [1.54, 1.807) is 19.1 Å². The summed E-state index contributed by atoms with van der Waals surface area (Å²) in [4.78, 5) is 23.1. The average Bonchev–Trinajstić information content (AvgIpc) is 3.07. The molecule has 0 radical (unpaired) electrons. The molecule has 5 nitrogen and oxygen atoms in total. The highest BCUT2D eigenvalue weighted by Crippen LogP contribution is 2.60. The third-order valence-corrected chi connectivity index (χ3v) is 3.28. The van der Waals surface area contributed by atoms with E-state index >= 15 is 0 Å². The number of benzene rings is 1. The quantitative estimate of drug-likeness (QED) is 0.625. The van der Waals surface area contributed by atoms with Gasteiger partial charge in [-0.25, -0.2) is 0 Å². The van der Waals surface area contributed by atoms with E-state index in [0.717, 1.165) is 5.56 Å². The van der Waals surface area contributed by atoms with Crippen molar-refractivity contribution in [3.63, 3.8) is 0 Å². The number of carboxylic acids is 1. The Bertz CT molecular complexity index is 479. The van der Waals surface area contributed by atoms with Gasteiger partial charge in [-0.05, 0) is 31.0 Å². The van der Waals surface area contributed by atoms with Gasteiger partial charge in [0.15, 0.2) is 5.41 Å². The normalized spacial score (nSPS) is 25.5. The van der Waals surface area contributed by atoms with Crippen molar-refractivity contribution < 1.29 is 24.5 Å². The lowest BCUT2D eigenvalue weighted by molar-refractivity contribution is -0.161. The topological polar surface area (TPSA) is 83.8 Å². The fourth-order valence-electron chi connectivity index (χ4n) is 2.18. The van der Waals surface area contributed by atoms with Crippen molar-refractivity contribution in [2.45, 2.75) is 19.3 Å². The molecule has 1 aliphatic rings. The maximum absolute atomic E-state index is 11.8. The molecule has 0 amide bonds. The van der Waals surface area contributed by atoms with Crippen molar-refractivity contribution in [1.82, 2.24) is 0 Å². The second-order valence-electron chi connectivity index (χ2n) is 4.35. The standard InChI is InChI=1S/C13H14O5/c1-2-18-12(17)13(11(15)16)7-10(13)8-3-5-9(14)6-4-8/h3-6,10,14H,2,7H2,1H3,(H,15,16). The minimum absolute atomic E-state index is 0.108. The van der Waals surface area contributed by atoms with Crippen LogP contribution in [0.15, 0.2) is 24.3 Å². The molecular weight excluding hydrogens is 236 g/mol. The second kappa shape index (κ2) is 4.33. The van der Waals surface area contributed by atoms with Crippen LogP contribution in [0.5, 0.6) is 5.75 Å². The van der Waals surface area contributed by atoms with Gasteiger partial charge >= 0.3 is 11.9 Å². The number of carbonyl (C=O) groups excluding carboxylic acids is 1. The molecule has 1 aromatic carbocycles. The highest BCUT2D eigenvalue weighted by atomic mass is 16.5. The van der Waals surface area contributed by atoms with Crippen molar-refractivity contribution in [3.05, 3.63) is 29.8 Å². The number of ether oxygens (including phenoxy) is 1. The molecule has 0 aliphatic heterocycles. The highest BCUT2D eigenvalue weighted by Gasteiger charge is 2.68. The number of carbonyl (C=O) groups is 2. The molecule has 0 heterocycles. The average molecular weight is 250 g/mol. The Morgan fingerprint density at radius 3 is 2.50 bits per heavy atom. The molecule has 1 aliphatic carbocycles. The smallest absolute Gasteiger partial charge is 0.324 e. The van der Waals surface area contributed by atoms with Crippen LogP contribution in [0, 0.1) is 5.41 Å². The van der Waals surface area contributed by atoms with E-state index in [4.69, 9.17) is 4.74 Å². The summed E-state index contributed by atoms with van der Waals surface area (Å²) in [7, 11) is 0. The molecule has 18 heavy (non-hydrogen) atoms. The zero-order chi connectivity index (χ0) is 13.3. The van der Waals surface area contributed by atoms with Crippen LogP contribution >= 0.6 is 0 Å². The molecule has 0 saturated heterocycles. The van der Waals surface area contributed by atoms with E-state index in [1.807, 2.05) is 0 Å². The fraction of sp³-hybridized carbons (Fsp3) is 0.385. The van der Waals surface area contributed by atoms with Gasteiger partial charge in [0, 0.05) is 5.92 Å².